The fourth-order valence-electron chi connectivity index (χ4n) is 2.81. The summed E-state index contributed by atoms with van der Waals surface area (Å²) in [4.78, 5) is 26.6. The van der Waals surface area contributed by atoms with Gasteiger partial charge in [-0.1, -0.05) is 35.6 Å². The van der Waals surface area contributed by atoms with Crippen LogP contribution >= 0.6 is 11.3 Å². The third-order valence-electron chi connectivity index (χ3n) is 3.83. The summed E-state index contributed by atoms with van der Waals surface area (Å²) in [6.45, 7) is 0.715. The Bertz CT molecular complexity index is 857. The minimum absolute atomic E-state index is 0.252. The highest BCUT2D eigenvalue weighted by Gasteiger charge is 2.32. The van der Waals surface area contributed by atoms with Gasteiger partial charge in [0.2, 0.25) is 5.13 Å². The van der Waals surface area contributed by atoms with Gasteiger partial charge in [-0.2, -0.15) is 0 Å². The van der Waals surface area contributed by atoms with Crippen LogP contribution in [0.4, 0.5) is 5.13 Å². The van der Waals surface area contributed by atoms with Crippen LogP contribution in [0.1, 0.15) is 20.7 Å². The number of nitrogens with zero attached hydrogens (tertiary/aromatic N) is 3. The van der Waals surface area contributed by atoms with E-state index in [1.165, 1.54) is 16.2 Å². The van der Waals surface area contributed by atoms with Crippen molar-refractivity contribution in [3.8, 4) is 0 Å². The standard InChI is InChI=1S/C16H12N4O2S/c21-14-11-5-1-3-10-4-2-6-12(13(10)11)15(22)20(14)8-7-17-16-19-18-9-23-16/h1-6,9H,7-8H2,(H,17,19). The van der Waals surface area contributed by atoms with Crippen LogP contribution in [0.3, 0.4) is 0 Å². The summed E-state index contributed by atoms with van der Waals surface area (Å²) in [7, 11) is 0. The van der Waals surface area contributed by atoms with Crippen molar-refractivity contribution in [2.24, 2.45) is 0 Å². The molecule has 0 bridgehead atoms. The first-order valence-corrected chi connectivity index (χ1v) is 8.01. The number of hydrogen-bond acceptors (Lipinski definition) is 6. The van der Waals surface area contributed by atoms with Gasteiger partial charge < -0.3 is 5.32 Å². The van der Waals surface area contributed by atoms with Crippen LogP contribution in [0.5, 0.6) is 0 Å². The average molecular weight is 324 g/mol. The second kappa shape index (κ2) is 5.44. The zero-order valence-electron chi connectivity index (χ0n) is 12.0. The quantitative estimate of drug-likeness (QED) is 0.746. The molecule has 2 aromatic carbocycles. The van der Waals surface area contributed by atoms with Crippen molar-refractivity contribution < 1.29 is 9.59 Å². The van der Waals surface area contributed by atoms with Gasteiger partial charge in [0.1, 0.15) is 5.51 Å². The van der Waals surface area contributed by atoms with E-state index >= 15 is 0 Å². The first kappa shape index (κ1) is 13.8. The van der Waals surface area contributed by atoms with Crippen LogP contribution in [0.15, 0.2) is 41.9 Å². The number of carbonyl (C=O) groups is 2. The van der Waals surface area contributed by atoms with E-state index in [4.69, 9.17) is 0 Å². The topological polar surface area (TPSA) is 75.2 Å². The molecule has 3 aromatic rings. The Kier molecular flexibility index (Phi) is 3.27. The molecule has 0 unspecified atom stereocenters. The first-order chi connectivity index (χ1) is 11.3. The number of rotatable bonds is 4. The van der Waals surface area contributed by atoms with E-state index in [0.717, 1.165) is 10.8 Å². The van der Waals surface area contributed by atoms with Crippen LogP contribution in [0.25, 0.3) is 10.8 Å². The maximum Gasteiger partial charge on any atom is 0.261 e. The molecule has 0 atom stereocenters. The maximum absolute atomic E-state index is 12.7. The predicted molar refractivity (Wildman–Crippen MR) is 87.7 cm³/mol. The smallest absolute Gasteiger partial charge is 0.261 e. The van der Waals surface area contributed by atoms with Crippen LogP contribution in [-0.2, 0) is 0 Å². The van der Waals surface area contributed by atoms with Crippen molar-refractivity contribution >= 4 is 39.1 Å². The summed E-state index contributed by atoms with van der Waals surface area (Å²) in [5.41, 5.74) is 2.78. The molecule has 0 spiro atoms. The van der Waals surface area contributed by atoms with E-state index in [1.807, 2.05) is 24.3 Å². The summed E-state index contributed by atoms with van der Waals surface area (Å²) in [6.07, 6.45) is 0. The normalized spacial score (nSPS) is 13.7. The van der Waals surface area contributed by atoms with Crippen molar-refractivity contribution in [2.75, 3.05) is 18.4 Å². The molecule has 6 nitrogen and oxygen atoms in total. The fourth-order valence-corrected chi connectivity index (χ4v) is 3.28. The number of amides is 2. The molecule has 1 N–H and O–H groups in total. The Hall–Kier alpha value is -2.80. The van der Waals surface area contributed by atoms with Gasteiger partial charge in [0.25, 0.3) is 11.8 Å². The van der Waals surface area contributed by atoms with E-state index in [1.54, 1.807) is 17.6 Å². The zero-order chi connectivity index (χ0) is 15.8. The van der Waals surface area contributed by atoms with Gasteiger partial charge in [0.15, 0.2) is 0 Å². The Labute approximate surface area is 135 Å². The molecule has 23 heavy (non-hydrogen) atoms. The summed E-state index contributed by atoms with van der Waals surface area (Å²) < 4.78 is 0. The van der Waals surface area contributed by atoms with E-state index < -0.39 is 0 Å². The third kappa shape index (κ3) is 2.25. The number of imide groups is 1. The van der Waals surface area contributed by atoms with E-state index in [-0.39, 0.29) is 18.4 Å². The zero-order valence-corrected chi connectivity index (χ0v) is 12.8. The van der Waals surface area contributed by atoms with Gasteiger partial charge in [-0.25, -0.2) is 0 Å². The number of aromatic nitrogens is 2. The molecule has 0 saturated carbocycles. The number of nitrogens with one attached hydrogen (secondary N) is 1. The van der Waals surface area contributed by atoms with E-state index in [9.17, 15) is 9.59 Å². The second-order valence-electron chi connectivity index (χ2n) is 5.14. The summed E-state index contributed by atoms with van der Waals surface area (Å²) in [6, 6.07) is 11.0. The molecular weight excluding hydrogens is 312 g/mol. The van der Waals surface area contributed by atoms with Gasteiger partial charge >= 0.3 is 0 Å². The second-order valence-corrected chi connectivity index (χ2v) is 5.98. The predicted octanol–water partition coefficient (Wildman–Crippen LogP) is 2.40. The molecule has 7 heteroatoms. The summed E-state index contributed by atoms with van der Waals surface area (Å²) in [5, 5.41) is 13.0. The lowest BCUT2D eigenvalue weighted by Crippen LogP contribution is -2.42. The molecule has 1 aliphatic rings. The highest BCUT2D eigenvalue weighted by molar-refractivity contribution is 7.13. The van der Waals surface area contributed by atoms with Crippen LogP contribution < -0.4 is 5.32 Å². The van der Waals surface area contributed by atoms with Gasteiger partial charge in [-0.15, -0.1) is 10.2 Å². The molecule has 4 rings (SSSR count). The number of benzene rings is 2. The SMILES string of the molecule is O=C1c2cccc3cccc(c23)C(=O)N1CCNc1nncs1. The van der Waals surface area contributed by atoms with Crippen molar-refractivity contribution in [2.45, 2.75) is 0 Å². The fraction of sp³-hybridized carbons (Fsp3) is 0.125. The Balaban J connectivity index is 1.63. The molecule has 1 aliphatic heterocycles. The largest absolute Gasteiger partial charge is 0.358 e. The molecule has 0 aliphatic carbocycles. The highest BCUT2D eigenvalue weighted by atomic mass is 32.1. The maximum atomic E-state index is 12.7. The van der Waals surface area contributed by atoms with Gasteiger partial charge in [-0.05, 0) is 17.5 Å². The Morgan fingerprint density at radius 3 is 2.35 bits per heavy atom. The van der Waals surface area contributed by atoms with Crippen molar-refractivity contribution in [1.29, 1.82) is 0 Å². The van der Waals surface area contributed by atoms with Crippen molar-refractivity contribution in [3.63, 3.8) is 0 Å². The van der Waals surface area contributed by atoms with Gasteiger partial charge in [0.05, 0.1) is 0 Å². The highest BCUT2D eigenvalue weighted by Crippen LogP contribution is 2.29. The van der Waals surface area contributed by atoms with Crippen molar-refractivity contribution in [3.05, 3.63) is 53.0 Å². The van der Waals surface area contributed by atoms with Gasteiger partial charge in [0, 0.05) is 29.6 Å². The number of hydrogen-bond donors (Lipinski definition) is 1. The lowest BCUT2D eigenvalue weighted by atomic mass is 9.94. The molecule has 0 saturated heterocycles. The molecule has 1 aromatic heterocycles. The molecular formula is C16H12N4O2S. The average Bonchev–Trinajstić information content (AvgIpc) is 3.09. The van der Waals surface area contributed by atoms with Gasteiger partial charge in [-0.3, -0.25) is 14.5 Å². The molecule has 114 valence electrons. The molecule has 2 amide bonds. The first-order valence-electron chi connectivity index (χ1n) is 7.13. The van der Waals surface area contributed by atoms with Crippen LogP contribution in [0.2, 0.25) is 0 Å². The Morgan fingerprint density at radius 2 is 1.74 bits per heavy atom. The monoisotopic (exact) mass is 324 g/mol. The number of carbonyl (C=O) groups excluding carboxylic acids is 2. The van der Waals surface area contributed by atoms with Crippen LogP contribution in [0, 0.1) is 0 Å². The minimum Gasteiger partial charge on any atom is -0.358 e. The van der Waals surface area contributed by atoms with E-state index in [0.29, 0.717) is 22.8 Å². The number of anilines is 1. The molecule has 0 radical (unpaired) electrons. The minimum atomic E-state index is -0.252. The summed E-state index contributed by atoms with van der Waals surface area (Å²) >= 11 is 1.37. The third-order valence-corrected chi connectivity index (χ3v) is 4.48. The Morgan fingerprint density at radius 1 is 1.04 bits per heavy atom. The van der Waals surface area contributed by atoms with Crippen molar-refractivity contribution in [1.82, 2.24) is 15.1 Å². The molecule has 0 fully saturated rings. The van der Waals surface area contributed by atoms with Crippen LogP contribution in [-0.4, -0.2) is 40.0 Å². The molecule has 2 heterocycles. The van der Waals surface area contributed by atoms with E-state index in [2.05, 4.69) is 15.5 Å². The lowest BCUT2D eigenvalue weighted by molar-refractivity contribution is 0.0617. The summed E-state index contributed by atoms with van der Waals surface area (Å²) in [5.74, 6) is -0.503. The lowest BCUT2D eigenvalue weighted by Gasteiger charge is -2.27.